The van der Waals surface area contributed by atoms with Gasteiger partial charge in [0.15, 0.2) is 0 Å². The van der Waals surface area contributed by atoms with Gasteiger partial charge in [0.05, 0.1) is 11.1 Å². The molecule has 106 valence electrons. The van der Waals surface area contributed by atoms with Crippen molar-refractivity contribution in [1.29, 1.82) is 0 Å². The second-order valence-corrected chi connectivity index (χ2v) is 6.06. The normalized spacial score (nSPS) is 12.5. The van der Waals surface area contributed by atoms with Crippen molar-refractivity contribution in [3.8, 4) is 0 Å². The van der Waals surface area contributed by atoms with Crippen molar-refractivity contribution in [3.63, 3.8) is 0 Å². The fourth-order valence-corrected chi connectivity index (χ4v) is 2.81. The standard InChI is InChI=1S/C16H16BrClFN/c1-9-5-4-6-11(10(9)2)16(20-3)12-7-14(18)13(17)8-15(12)19/h4-8,16,20H,1-3H3. The highest BCUT2D eigenvalue weighted by atomic mass is 79.9. The second-order valence-electron chi connectivity index (χ2n) is 4.80. The van der Waals surface area contributed by atoms with E-state index in [0.29, 0.717) is 15.1 Å². The van der Waals surface area contributed by atoms with E-state index in [1.54, 1.807) is 6.07 Å². The predicted molar refractivity (Wildman–Crippen MR) is 85.9 cm³/mol. The van der Waals surface area contributed by atoms with Gasteiger partial charge in [-0.2, -0.15) is 0 Å². The SMILES string of the molecule is CNC(c1cc(Cl)c(Br)cc1F)c1cccc(C)c1C. The van der Waals surface area contributed by atoms with Crippen LogP contribution in [-0.4, -0.2) is 7.05 Å². The molecule has 1 unspecified atom stereocenters. The first-order valence-corrected chi connectivity index (χ1v) is 7.50. The summed E-state index contributed by atoms with van der Waals surface area (Å²) in [7, 11) is 1.82. The van der Waals surface area contributed by atoms with Gasteiger partial charge >= 0.3 is 0 Å². The van der Waals surface area contributed by atoms with Crippen molar-refractivity contribution < 1.29 is 4.39 Å². The summed E-state index contributed by atoms with van der Waals surface area (Å²) in [6.07, 6.45) is 0. The molecule has 0 amide bonds. The summed E-state index contributed by atoms with van der Waals surface area (Å²) < 4.78 is 14.8. The van der Waals surface area contributed by atoms with Crippen LogP contribution in [0.1, 0.15) is 28.3 Å². The molecule has 0 saturated carbocycles. The Labute approximate surface area is 132 Å². The van der Waals surface area contributed by atoms with Gasteiger partial charge in [0, 0.05) is 10.0 Å². The van der Waals surface area contributed by atoms with E-state index in [2.05, 4.69) is 34.2 Å². The lowest BCUT2D eigenvalue weighted by atomic mass is 9.92. The van der Waals surface area contributed by atoms with Crippen LogP contribution >= 0.6 is 27.5 Å². The number of aryl methyl sites for hydroxylation is 1. The van der Waals surface area contributed by atoms with Gasteiger partial charge in [0.2, 0.25) is 0 Å². The molecule has 20 heavy (non-hydrogen) atoms. The van der Waals surface area contributed by atoms with Crippen LogP contribution in [0.25, 0.3) is 0 Å². The van der Waals surface area contributed by atoms with Gasteiger partial charge in [-0.1, -0.05) is 29.8 Å². The quantitative estimate of drug-likeness (QED) is 0.748. The highest BCUT2D eigenvalue weighted by Gasteiger charge is 2.20. The van der Waals surface area contributed by atoms with Gasteiger partial charge < -0.3 is 5.32 Å². The number of rotatable bonds is 3. The molecule has 0 aliphatic rings. The van der Waals surface area contributed by atoms with Gasteiger partial charge in [-0.3, -0.25) is 0 Å². The fraction of sp³-hybridized carbons (Fsp3) is 0.250. The Morgan fingerprint density at radius 3 is 2.55 bits per heavy atom. The van der Waals surface area contributed by atoms with Crippen LogP contribution in [0.4, 0.5) is 4.39 Å². The molecule has 0 fully saturated rings. The topological polar surface area (TPSA) is 12.0 Å². The van der Waals surface area contributed by atoms with Crippen LogP contribution in [-0.2, 0) is 0 Å². The monoisotopic (exact) mass is 355 g/mol. The van der Waals surface area contributed by atoms with E-state index in [9.17, 15) is 4.39 Å². The summed E-state index contributed by atoms with van der Waals surface area (Å²) in [6.45, 7) is 4.10. The van der Waals surface area contributed by atoms with Crippen molar-refractivity contribution in [2.45, 2.75) is 19.9 Å². The number of benzene rings is 2. The van der Waals surface area contributed by atoms with Gasteiger partial charge in [-0.25, -0.2) is 4.39 Å². The van der Waals surface area contributed by atoms with Gasteiger partial charge in [0.1, 0.15) is 5.82 Å². The maximum atomic E-state index is 14.3. The van der Waals surface area contributed by atoms with Crippen LogP contribution in [0.5, 0.6) is 0 Å². The predicted octanol–water partition coefficient (Wildman–Crippen LogP) is 5.17. The average molecular weight is 357 g/mol. The summed E-state index contributed by atoms with van der Waals surface area (Å²) in [5.74, 6) is -0.276. The van der Waals surface area contributed by atoms with E-state index < -0.39 is 0 Å². The lowest BCUT2D eigenvalue weighted by Gasteiger charge is -2.21. The van der Waals surface area contributed by atoms with Gasteiger partial charge in [-0.05, 0) is 65.6 Å². The number of nitrogens with one attached hydrogen (secondary N) is 1. The third-order valence-electron chi connectivity index (χ3n) is 3.60. The Morgan fingerprint density at radius 2 is 1.90 bits per heavy atom. The van der Waals surface area contributed by atoms with Crippen LogP contribution in [0.2, 0.25) is 5.02 Å². The highest BCUT2D eigenvalue weighted by Crippen LogP contribution is 2.33. The number of hydrogen-bond donors (Lipinski definition) is 1. The van der Waals surface area contributed by atoms with Crippen molar-refractivity contribution in [2.75, 3.05) is 7.05 Å². The maximum absolute atomic E-state index is 14.3. The Balaban J connectivity index is 2.58. The van der Waals surface area contributed by atoms with E-state index >= 15 is 0 Å². The van der Waals surface area contributed by atoms with E-state index in [0.717, 1.165) is 11.1 Å². The van der Waals surface area contributed by atoms with Crippen LogP contribution in [0, 0.1) is 19.7 Å². The summed E-state index contributed by atoms with van der Waals surface area (Å²) in [5.41, 5.74) is 3.95. The molecule has 0 aromatic heterocycles. The van der Waals surface area contributed by atoms with Crippen LogP contribution in [0.3, 0.4) is 0 Å². The van der Waals surface area contributed by atoms with E-state index in [4.69, 9.17) is 11.6 Å². The first-order valence-electron chi connectivity index (χ1n) is 6.33. The van der Waals surface area contributed by atoms with Crippen molar-refractivity contribution in [2.24, 2.45) is 0 Å². The lowest BCUT2D eigenvalue weighted by molar-refractivity contribution is 0.574. The average Bonchev–Trinajstić information content (AvgIpc) is 2.41. The largest absolute Gasteiger partial charge is 0.309 e. The van der Waals surface area contributed by atoms with Crippen LogP contribution in [0.15, 0.2) is 34.8 Å². The molecule has 0 saturated heterocycles. The summed E-state index contributed by atoms with van der Waals surface area (Å²) in [6, 6.07) is 8.91. The molecule has 0 aliphatic carbocycles. The minimum Gasteiger partial charge on any atom is -0.309 e. The smallest absolute Gasteiger partial charge is 0.129 e. The van der Waals surface area contributed by atoms with E-state index in [1.165, 1.54) is 11.6 Å². The Morgan fingerprint density at radius 1 is 1.20 bits per heavy atom. The number of hydrogen-bond acceptors (Lipinski definition) is 1. The van der Waals surface area contributed by atoms with Crippen molar-refractivity contribution in [3.05, 3.63) is 67.9 Å². The molecule has 0 aliphatic heterocycles. The van der Waals surface area contributed by atoms with E-state index in [-0.39, 0.29) is 11.9 Å². The molecule has 0 heterocycles. The molecule has 2 aromatic carbocycles. The summed E-state index contributed by atoms with van der Waals surface area (Å²) in [4.78, 5) is 0. The zero-order chi connectivity index (χ0) is 14.9. The summed E-state index contributed by atoms with van der Waals surface area (Å²) >= 11 is 9.35. The molecule has 2 rings (SSSR count). The molecule has 1 nitrogen and oxygen atoms in total. The second kappa shape index (κ2) is 6.25. The molecule has 0 radical (unpaired) electrons. The third-order valence-corrected chi connectivity index (χ3v) is 4.79. The molecule has 2 aromatic rings. The van der Waals surface area contributed by atoms with Gasteiger partial charge in [-0.15, -0.1) is 0 Å². The maximum Gasteiger partial charge on any atom is 0.129 e. The molecule has 0 bridgehead atoms. The molecular weight excluding hydrogens is 341 g/mol. The Kier molecular flexibility index (Phi) is 4.84. The van der Waals surface area contributed by atoms with Crippen molar-refractivity contribution >= 4 is 27.5 Å². The third kappa shape index (κ3) is 2.90. The Bertz CT molecular complexity index is 643. The molecular formula is C16H16BrClFN. The lowest BCUT2D eigenvalue weighted by Crippen LogP contribution is -2.20. The number of halogens is 3. The molecule has 4 heteroatoms. The first kappa shape index (κ1) is 15.5. The minimum absolute atomic E-state index is 0.222. The highest BCUT2D eigenvalue weighted by molar-refractivity contribution is 9.10. The van der Waals surface area contributed by atoms with E-state index in [1.807, 2.05) is 26.1 Å². The fourth-order valence-electron chi connectivity index (χ4n) is 2.32. The van der Waals surface area contributed by atoms with Gasteiger partial charge in [0.25, 0.3) is 0 Å². The molecule has 0 spiro atoms. The Hall–Kier alpha value is -0.900. The molecule has 1 atom stereocenters. The first-order chi connectivity index (χ1) is 9.45. The minimum atomic E-state index is -0.276. The zero-order valence-electron chi connectivity index (χ0n) is 11.6. The zero-order valence-corrected chi connectivity index (χ0v) is 13.9. The summed E-state index contributed by atoms with van der Waals surface area (Å²) in [5, 5.41) is 3.68. The van der Waals surface area contributed by atoms with Crippen LogP contribution < -0.4 is 5.32 Å². The molecule has 1 N–H and O–H groups in total. The van der Waals surface area contributed by atoms with Crippen molar-refractivity contribution in [1.82, 2.24) is 5.32 Å².